The lowest BCUT2D eigenvalue weighted by atomic mass is 10.2. The molecule has 0 N–H and O–H groups in total. The van der Waals surface area contributed by atoms with E-state index < -0.39 is 0 Å². The highest BCUT2D eigenvalue weighted by atomic mass is 79.9. The monoisotopic (exact) mass is 447 g/mol. The standard InChI is InChI=1S/C19H18BrN3O5/c1-4-8-23(19(24)17-13(20)7-9-27-17)11-16-21-18(22-28-16)12-5-6-14(25-2)15(10-12)26-3/h4-7,9-10H,1,8,11H2,2-3H3. The van der Waals surface area contributed by atoms with Gasteiger partial charge in [-0.25, -0.2) is 0 Å². The van der Waals surface area contributed by atoms with Crippen LogP contribution in [-0.4, -0.2) is 41.7 Å². The van der Waals surface area contributed by atoms with Crippen LogP contribution >= 0.6 is 15.9 Å². The third kappa shape index (κ3) is 4.09. The number of ether oxygens (including phenoxy) is 2. The fourth-order valence-electron chi connectivity index (χ4n) is 2.54. The van der Waals surface area contributed by atoms with Crippen LogP contribution in [0.2, 0.25) is 0 Å². The molecule has 0 saturated carbocycles. The lowest BCUT2D eigenvalue weighted by Crippen LogP contribution is -2.30. The lowest BCUT2D eigenvalue weighted by Gasteiger charge is -2.17. The van der Waals surface area contributed by atoms with Gasteiger partial charge in [-0.3, -0.25) is 4.79 Å². The Labute approximate surface area is 169 Å². The molecule has 0 bridgehead atoms. The van der Waals surface area contributed by atoms with E-state index in [1.54, 1.807) is 44.6 Å². The molecule has 8 nitrogen and oxygen atoms in total. The van der Waals surface area contributed by atoms with E-state index in [0.29, 0.717) is 33.9 Å². The first-order valence-electron chi connectivity index (χ1n) is 8.25. The van der Waals surface area contributed by atoms with E-state index in [9.17, 15) is 4.79 Å². The molecule has 0 aliphatic rings. The quantitative estimate of drug-likeness (QED) is 0.482. The summed E-state index contributed by atoms with van der Waals surface area (Å²) in [5.74, 6) is 1.69. The average Bonchev–Trinajstić information content (AvgIpc) is 3.35. The first kappa shape index (κ1) is 19.7. The molecular weight excluding hydrogens is 430 g/mol. The van der Waals surface area contributed by atoms with Gasteiger partial charge in [0.05, 0.1) is 25.0 Å². The van der Waals surface area contributed by atoms with Crippen LogP contribution in [-0.2, 0) is 6.54 Å². The summed E-state index contributed by atoms with van der Waals surface area (Å²) < 4.78 is 21.7. The van der Waals surface area contributed by atoms with Crippen molar-refractivity contribution in [2.24, 2.45) is 0 Å². The molecule has 3 rings (SSSR count). The van der Waals surface area contributed by atoms with Crippen molar-refractivity contribution in [1.29, 1.82) is 0 Å². The Balaban J connectivity index is 1.81. The Bertz CT molecular complexity index is 982. The summed E-state index contributed by atoms with van der Waals surface area (Å²) in [6.07, 6.45) is 3.05. The first-order chi connectivity index (χ1) is 13.6. The molecule has 0 aliphatic heterocycles. The molecule has 28 heavy (non-hydrogen) atoms. The summed E-state index contributed by atoms with van der Waals surface area (Å²) in [7, 11) is 3.11. The van der Waals surface area contributed by atoms with E-state index in [1.165, 1.54) is 11.2 Å². The second-order valence-electron chi connectivity index (χ2n) is 5.65. The summed E-state index contributed by atoms with van der Waals surface area (Å²) >= 11 is 3.29. The van der Waals surface area contributed by atoms with Crippen LogP contribution in [0.4, 0.5) is 0 Å². The number of nitrogens with zero attached hydrogens (tertiary/aromatic N) is 3. The predicted octanol–water partition coefficient (Wildman–Crippen LogP) is 3.94. The molecule has 9 heteroatoms. The fraction of sp³-hybridized carbons (Fsp3) is 0.211. The van der Waals surface area contributed by atoms with Crippen molar-refractivity contribution in [3.63, 3.8) is 0 Å². The van der Waals surface area contributed by atoms with E-state index in [-0.39, 0.29) is 24.1 Å². The average molecular weight is 448 g/mol. The van der Waals surface area contributed by atoms with Gasteiger partial charge < -0.3 is 23.3 Å². The van der Waals surface area contributed by atoms with Gasteiger partial charge in [-0.1, -0.05) is 11.2 Å². The smallest absolute Gasteiger partial charge is 0.291 e. The van der Waals surface area contributed by atoms with Crippen molar-refractivity contribution in [2.45, 2.75) is 6.54 Å². The Morgan fingerprint density at radius 2 is 2.07 bits per heavy atom. The van der Waals surface area contributed by atoms with E-state index in [4.69, 9.17) is 18.4 Å². The van der Waals surface area contributed by atoms with Gasteiger partial charge in [0.25, 0.3) is 5.91 Å². The SMILES string of the molecule is C=CCN(Cc1nc(-c2ccc(OC)c(OC)c2)no1)C(=O)c1occc1Br. The van der Waals surface area contributed by atoms with Crippen LogP contribution in [0, 0.1) is 0 Å². The topological polar surface area (TPSA) is 90.8 Å². The summed E-state index contributed by atoms with van der Waals surface area (Å²) in [6, 6.07) is 6.95. The molecule has 0 spiro atoms. The zero-order valence-corrected chi connectivity index (χ0v) is 16.9. The van der Waals surface area contributed by atoms with E-state index >= 15 is 0 Å². The molecule has 0 radical (unpaired) electrons. The van der Waals surface area contributed by atoms with Crippen LogP contribution in [0.5, 0.6) is 11.5 Å². The molecule has 1 amide bonds. The molecular formula is C19H18BrN3O5. The third-order valence-electron chi connectivity index (χ3n) is 3.88. The number of carbonyl (C=O) groups is 1. The molecule has 0 unspecified atom stereocenters. The number of carbonyl (C=O) groups excluding carboxylic acids is 1. The number of furan rings is 1. The highest BCUT2D eigenvalue weighted by Gasteiger charge is 2.23. The minimum atomic E-state index is -0.317. The van der Waals surface area contributed by atoms with E-state index in [0.717, 1.165) is 0 Å². The molecule has 2 heterocycles. The number of aromatic nitrogens is 2. The zero-order valence-electron chi connectivity index (χ0n) is 15.3. The van der Waals surface area contributed by atoms with Gasteiger partial charge in [0.2, 0.25) is 17.5 Å². The molecule has 0 aliphatic carbocycles. The first-order valence-corrected chi connectivity index (χ1v) is 9.04. The van der Waals surface area contributed by atoms with Gasteiger partial charge >= 0.3 is 0 Å². The highest BCUT2D eigenvalue weighted by molar-refractivity contribution is 9.10. The van der Waals surface area contributed by atoms with Crippen molar-refractivity contribution in [1.82, 2.24) is 15.0 Å². The van der Waals surface area contributed by atoms with Crippen molar-refractivity contribution in [2.75, 3.05) is 20.8 Å². The maximum absolute atomic E-state index is 12.7. The van der Waals surface area contributed by atoms with Crippen LogP contribution in [0.15, 0.2) is 56.6 Å². The maximum Gasteiger partial charge on any atom is 0.291 e. The molecule has 0 saturated heterocycles. The zero-order chi connectivity index (χ0) is 20.1. The maximum atomic E-state index is 12.7. The Morgan fingerprint density at radius 3 is 2.71 bits per heavy atom. The Hall–Kier alpha value is -3.07. The second-order valence-corrected chi connectivity index (χ2v) is 6.51. The molecule has 3 aromatic rings. The van der Waals surface area contributed by atoms with Gasteiger partial charge in [-0.2, -0.15) is 4.98 Å². The van der Waals surface area contributed by atoms with E-state index in [2.05, 4.69) is 32.6 Å². The second kappa shape index (κ2) is 8.75. The van der Waals surface area contributed by atoms with Crippen LogP contribution in [0.1, 0.15) is 16.4 Å². The van der Waals surface area contributed by atoms with Gasteiger partial charge in [0.15, 0.2) is 11.5 Å². The van der Waals surface area contributed by atoms with Gasteiger partial charge in [0.1, 0.15) is 6.54 Å². The molecule has 0 fully saturated rings. The van der Waals surface area contributed by atoms with Crippen molar-refractivity contribution in [3.05, 3.63) is 59.3 Å². The third-order valence-corrected chi connectivity index (χ3v) is 4.51. The van der Waals surface area contributed by atoms with Gasteiger partial charge in [-0.15, -0.1) is 6.58 Å². The van der Waals surface area contributed by atoms with Crippen LogP contribution in [0.25, 0.3) is 11.4 Å². The van der Waals surface area contributed by atoms with Crippen molar-refractivity contribution >= 4 is 21.8 Å². The molecule has 2 aromatic heterocycles. The number of hydrogen-bond donors (Lipinski definition) is 0. The molecule has 1 aromatic carbocycles. The summed E-state index contributed by atoms with van der Waals surface area (Å²) in [5.41, 5.74) is 0.697. The number of amides is 1. The number of methoxy groups -OCH3 is 2. The normalized spacial score (nSPS) is 10.5. The highest BCUT2D eigenvalue weighted by Crippen LogP contribution is 2.31. The predicted molar refractivity (Wildman–Crippen MR) is 104 cm³/mol. The van der Waals surface area contributed by atoms with Gasteiger partial charge in [0, 0.05) is 12.1 Å². The summed E-state index contributed by atoms with van der Waals surface area (Å²) in [6.45, 7) is 4.09. The number of hydrogen-bond acceptors (Lipinski definition) is 7. The number of rotatable bonds is 8. The molecule has 146 valence electrons. The summed E-state index contributed by atoms with van der Waals surface area (Å²) in [5, 5.41) is 3.99. The lowest BCUT2D eigenvalue weighted by molar-refractivity contribution is 0.0712. The minimum Gasteiger partial charge on any atom is -0.493 e. The van der Waals surface area contributed by atoms with Crippen LogP contribution < -0.4 is 9.47 Å². The number of halogens is 1. The fourth-order valence-corrected chi connectivity index (χ4v) is 2.91. The largest absolute Gasteiger partial charge is 0.493 e. The Kier molecular flexibility index (Phi) is 6.15. The van der Waals surface area contributed by atoms with Gasteiger partial charge in [-0.05, 0) is 40.2 Å². The van der Waals surface area contributed by atoms with Crippen molar-refractivity contribution < 1.29 is 23.2 Å². The van der Waals surface area contributed by atoms with Crippen molar-refractivity contribution in [3.8, 4) is 22.9 Å². The minimum absolute atomic E-state index is 0.109. The summed E-state index contributed by atoms with van der Waals surface area (Å²) in [4.78, 5) is 18.5. The number of benzene rings is 1. The Morgan fingerprint density at radius 1 is 1.29 bits per heavy atom. The van der Waals surface area contributed by atoms with E-state index in [1.807, 2.05) is 0 Å². The molecule has 0 atom stereocenters. The van der Waals surface area contributed by atoms with Crippen LogP contribution in [0.3, 0.4) is 0 Å².